The monoisotopic (exact) mass is 225 g/mol. The molecule has 1 atom stereocenters. The van der Waals surface area contributed by atoms with Crippen molar-refractivity contribution in [2.45, 2.75) is 25.5 Å². The Kier molecular flexibility index (Phi) is 4.01. The van der Waals surface area contributed by atoms with Crippen molar-refractivity contribution in [1.29, 1.82) is 0 Å². The van der Waals surface area contributed by atoms with Crippen molar-refractivity contribution in [1.82, 2.24) is 5.32 Å². The van der Waals surface area contributed by atoms with Gasteiger partial charge in [0.05, 0.1) is 13.2 Å². The lowest BCUT2D eigenvalue weighted by atomic mass is 10.2. The van der Waals surface area contributed by atoms with Gasteiger partial charge in [0.25, 0.3) is 0 Å². The zero-order valence-electron chi connectivity index (χ0n) is 8.71. The summed E-state index contributed by atoms with van der Waals surface area (Å²) in [6, 6.07) is 8.36. The number of hydrogen-bond donors (Lipinski definition) is 1. The number of benzene rings is 1. The van der Waals surface area contributed by atoms with Gasteiger partial charge in [0.1, 0.15) is 0 Å². The summed E-state index contributed by atoms with van der Waals surface area (Å²) in [6.07, 6.45) is 2.50. The molecule has 0 unspecified atom stereocenters. The number of halogens is 1. The van der Waals surface area contributed by atoms with Crippen LogP contribution in [0.4, 0.5) is 0 Å². The first-order valence-electron chi connectivity index (χ1n) is 5.40. The van der Waals surface area contributed by atoms with Gasteiger partial charge in [-0.25, -0.2) is 0 Å². The molecule has 1 saturated heterocycles. The molecule has 0 amide bonds. The summed E-state index contributed by atoms with van der Waals surface area (Å²) in [5.41, 5.74) is 1.14. The van der Waals surface area contributed by atoms with Crippen LogP contribution in [-0.2, 0) is 11.3 Å². The highest BCUT2D eigenvalue weighted by molar-refractivity contribution is 6.30. The van der Waals surface area contributed by atoms with Crippen LogP contribution in [0.1, 0.15) is 18.4 Å². The Morgan fingerprint density at radius 2 is 2.40 bits per heavy atom. The van der Waals surface area contributed by atoms with Crippen molar-refractivity contribution < 1.29 is 4.74 Å². The molecule has 15 heavy (non-hydrogen) atoms. The van der Waals surface area contributed by atoms with Gasteiger partial charge < -0.3 is 10.1 Å². The topological polar surface area (TPSA) is 21.3 Å². The van der Waals surface area contributed by atoms with E-state index in [4.69, 9.17) is 16.3 Å². The molecular weight excluding hydrogens is 210 g/mol. The molecule has 1 aromatic carbocycles. The lowest BCUT2D eigenvalue weighted by Crippen LogP contribution is -2.26. The highest BCUT2D eigenvalue weighted by Gasteiger charge is 2.13. The SMILES string of the molecule is Clc1cccc(COC[C@H]2CCCN2)c1. The van der Waals surface area contributed by atoms with Gasteiger partial charge in [0.15, 0.2) is 0 Å². The molecule has 82 valence electrons. The van der Waals surface area contributed by atoms with Gasteiger partial charge in [0.2, 0.25) is 0 Å². The molecule has 0 radical (unpaired) electrons. The molecule has 1 heterocycles. The van der Waals surface area contributed by atoms with Crippen molar-refractivity contribution in [2.24, 2.45) is 0 Å². The second-order valence-electron chi connectivity index (χ2n) is 3.94. The lowest BCUT2D eigenvalue weighted by molar-refractivity contribution is 0.103. The fraction of sp³-hybridized carbons (Fsp3) is 0.500. The van der Waals surface area contributed by atoms with Crippen LogP contribution in [0.3, 0.4) is 0 Å². The van der Waals surface area contributed by atoms with Gasteiger partial charge in [-0.1, -0.05) is 23.7 Å². The molecule has 0 spiro atoms. The van der Waals surface area contributed by atoms with E-state index in [0.29, 0.717) is 12.6 Å². The Morgan fingerprint density at radius 3 is 3.13 bits per heavy atom. The molecule has 0 aromatic heterocycles. The van der Waals surface area contributed by atoms with Gasteiger partial charge in [-0.3, -0.25) is 0 Å². The van der Waals surface area contributed by atoms with Gasteiger partial charge in [0, 0.05) is 11.1 Å². The molecule has 2 nitrogen and oxygen atoms in total. The van der Waals surface area contributed by atoms with E-state index in [9.17, 15) is 0 Å². The molecule has 0 bridgehead atoms. The van der Waals surface area contributed by atoms with Crippen molar-refractivity contribution in [3.63, 3.8) is 0 Å². The molecule has 1 aliphatic heterocycles. The molecule has 1 aliphatic rings. The first-order valence-corrected chi connectivity index (χ1v) is 5.78. The largest absolute Gasteiger partial charge is 0.375 e. The molecule has 1 fully saturated rings. The maximum atomic E-state index is 5.88. The Morgan fingerprint density at radius 1 is 1.47 bits per heavy atom. The summed E-state index contributed by atoms with van der Waals surface area (Å²) in [4.78, 5) is 0. The quantitative estimate of drug-likeness (QED) is 0.851. The minimum absolute atomic E-state index is 0.546. The summed E-state index contributed by atoms with van der Waals surface area (Å²) in [6.45, 7) is 2.58. The maximum absolute atomic E-state index is 5.88. The summed E-state index contributed by atoms with van der Waals surface area (Å²) < 4.78 is 5.64. The second-order valence-corrected chi connectivity index (χ2v) is 4.37. The first kappa shape index (κ1) is 10.9. The third-order valence-electron chi connectivity index (χ3n) is 2.64. The Bertz CT molecular complexity index is 310. The fourth-order valence-electron chi connectivity index (χ4n) is 1.84. The highest BCUT2D eigenvalue weighted by atomic mass is 35.5. The number of rotatable bonds is 4. The van der Waals surface area contributed by atoms with Crippen molar-refractivity contribution in [3.05, 3.63) is 34.9 Å². The Hall–Kier alpha value is -0.570. The molecular formula is C12H16ClNO. The van der Waals surface area contributed by atoms with E-state index in [1.807, 2.05) is 24.3 Å². The highest BCUT2D eigenvalue weighted by Crippen LogP contribution is 2.12. The molecule has 2 rings (SSSR count). The zero-order valence-corrected chi connectivity index (χ0v) is 9.46. The summed E-state index contributed by atoms with van der Waals surface area (Å²) in [7, 11) is 0. The van der Waals surface area contributed by atoms with Crippen LogP contribution < -0.4 is 5.32 Å². The number of nitrogens with one attached hydrogen (secondary N) is 1. The van der Waals surface area contributed by atoms with E-state index < -0.39 is 0 Å². The van der Waals surface area contributed by atoms with Crippen LogP contribution >= 0.6 is 11.6 Å². The average molecular weight is 226 g/mol. The second kappa shape index (κ2) is 5.50. The molecule has 3 heteroatoms. The van der Waals surface area contributed by atoms with Crippen LogP contribution in [0.2, 0.25) is 5.02 Å². The van der Waals surface area contributed by atoms with E-state index >= 15 is 0 Å². The third-order valence-corrected chi connectivity index (χ3v) is 2.87. The maximum Gasteiger partial charge on any atom is 0.0718 e. The molecule has 1 N–H and O–H groups in total. The molecule has 0 saturated carbocycles. The third kappa shape index (κ3) is 3.49. The molecule has 0 aliphatic carbocycles. The summed E-state index contributed by atoms with van der Waals surface area (Å²) in [5, 5.41) is 4.18. The Balaban J connectivity index is 1.73. The van der Waals surface area contributed by atoms with Crippen molar-refractivity contribution >= 4 is 11.6 Å². The van der Waals surface area contributed by atoms with E-state index in [0.717, 1.165) is 23.7 Å². The first-order chi connectivity index (χ1) is 7.34. The van der Waals surface area contributed by atoms with Crippen molar-refractivity contribution in [3.8, 4) is 0 Å². The Labute approximate surface area is 95.6 Å². The van der Waals surface area contributed by atoms with Crippen LogP contribution in [0, 0.1) is 0 Å². The van der Waals surface area contributed by atoms with E-state index in [2.05, 4.69) is 5.32 Å². The average Bonchev–Trinajstić information content (AvgIpc) is 2.71. The molecule has 1 aromatic rings. The normalized spacial score (nSPS) is 20.7. The van der Waals surface area contributed by atoms with Crippen LogP contribution in [-0.4, -0.2) is 19.2 Å². The van der Waals surface area contributed by atoms with Crippen molar-refractivity contribution in [2.75, 3.05) is 13.2 Å². The minimum Gasteiger partial charge on any atom is -0.375 e. The van der Waals surface area contributed by atoms with Crippen LogP contribution in [0.5, 0.6) is 0 Å². The lowest BCUT2D eigenvalue weighted by Gasteiger charge is -2.10. The van der Waals surface area contributed by atoms with Gasteiger partial charge in [-0.05, 0) is 37.1 Å². The predicted octanol–water partition coefficient (Wildman–Crippen LogP) is 2.61. The van der Waals surface area contributed by atoms with Crippen LogP contribution in [0.15, 0.2) is 24.3 Å². The van der Waals surface area contributed by atoms with Gasteiger partial charge in [-0.2, -0.15) is 0 Å². The van der Waals surface area contributed by atoms with E-state index in [-0.39, 0.29) is 0 Å². The zero-order chi connectivity index (χ0) is 10.5. The van der Waals surface area contributed by atoms with Gasteiger partial charge in [-0.15, -0.1) is 0 Å². The van der Waals surface area contributed by atoms with E-state index in [1.165, 1.54) is 12.8 Å². The fourth-order valence-corrected chi connectivity index (χ4v) is 2.06. The predicted molar refractivity (Wildman–Crippen MR) is 62.1 cm³/mol. The summed E-state index contributed by atoms with van der Waals surface area (Å²) in [5.74, 6) is 0. The standard InChI is InChI=1S/C12H16ClNO/c13-11-4-1-3-10(7-11)8-15-9-12-5-2-6-14-12/h1,3-4,7,12,14H,2,5-6,8-9H2/t12-/m1/s1. The number of hydrogen-bond acceptors (Lipinski definition) is 2. The summed E-state index contributed by atoms with van der Waals surface area (Å²) >= 11 is 5.88. The minimum atomic E-state index is 0.546. The van der Waals surface area contributed by atoms with E-state index in [1.54, 1.807) is 0 Å². The number of ether oxygens (including phenoxy) is 1. The van der Waals surface area contributed by atoms with Crippen LogP contribution in [0.25, 0.3) is 0 Å². The van der Waals surface area contributed by atoms with Gasteiger partial charge >= 0.3 is 0 Å². The smallest absolute Gasteiger partial charge is 0.0718 e.